The van der Waals surface area contributed by atoms with Crippen LogP contribution in [0.5, 0.6) is 5.75 Å². The standard InChI is InChI=1S/C8H5Cl2F3O/c9-4-5-1-6(10)3-7(2-5)14-8(11,12)13/h1-3H,4H2. The first-order valence-corrected chi connectivity index (χ1v) is 4.43. The molecule has 78 valence electrons. The highest BCUT2D eigenvalue weighted by Crippen LogP contribution is 2.27. The van der Waals surface area contributed by atoms with Crippen LogP contribution in [0.25, 0.3) is 0 Å². The molecule has 0 fully saturated rings. The van der Waals surface area contributed by atoms with E-state index in [0.717, 1.165) is 6.07 Å². The van der Waals surface area contributed by atoms with Gasteiger partial charge in [0.05, 0.1) is 0 Å². The lowest BCUT2D eigenvalue weighted by molar-refractivity contribution is -0.274. The van der Waals surface area contributed by atoms with Crippen molar-refractivity contribution in [3.8, 4) is 5.75 Å². The van der Waals surface area contributed by atoms with E-state index in [-0.39, 0.29) is 16.7 Å². The summed E-state index contributed by atoms with van der Waals surface area (Å²) in [6, 6.07) is 3.73. The molecule has 0 heterocycles. The lowest BCUT2D eigenvalue weighted by atomic mass is 10.2. The Bertz CT molecular complexity index is 325. The van der Waals surface area contributed by atoms with E-state index in [1.807, 2.05) is 0 Å². The highest BCUT2D eigenvalue weighted by Gasteiger charge is 2.31. The summed E-state index contributed by atoms with van der Waals surface area (Å²) in [5, 5.41) is 0.155. The largest absolute Gasteiger partial charge is 0.573 e. The first kappa shape index (κ1) is 11.5. The molecule has 0 saturated carbocycles. The van der Waals surface area contributed by atoms with Crippen LogP contribution >= 0.6 is 23.2 Å². The zero-order valence-corrected chi connectivity index (χ0v) is 8.25. The highest BCUT2D eigenvalue weighted by atomic mass is 35.5. The topological polar surface area (TPSA) is 9.23 Å². The van der Waals surface area contributed by atoms with Gasteiger partial charge in [-0.1, -0.05) is 11.6 Å². The Morgan fingerprint density at radius 2 is 1.86 bits per heavy atom. The summed E-state index contributed by atoms with van der Waals surface area (Å²) < 4.78 is 39.1. The molecule has 0 saturated heterocycles. The summed E-state index contributed by atoms with van der Waals surface area (Å²) in [7, 11) is 0. The van der Waals surface area contributed by atoms with Gasteiger partial charge >= 0.3 is 6.36 Å². The van der Waals surface area contributed by atoms with E-state index >= 15 is 0 Å². The van der Waals surface area contributed by atoms with Gasteiger partial charge in [-0.15, -0.1) is 24.8 Å². The number of ether oxygens (including phenoxy) is 1. The molecule has 0 aliphatic heterocycles. The summed E-state index contributed by atoms with van der Waals surface area (Å²) in [5.74, 6) is -0.282. The Balaban J connectivity index is 2.92. The van der Waals surface area contributed by atoms with Crippen molar-refractivity contribution in [2.75, 3.05) is 0 Å². The van der Waals surface area contributed by atoms with Gasteiger partial charge in [0, 0.05) is 10.9 Å². The first-order chi connectivity index (χ1) is 6.40. The predicted molar refractivity (Wildman–Crippen MR) is 47.7 cm³/mol. The monoisotopic (exact) mass is 244 g/mol. The van der Waals surface area contributed by atoms with E-state index in [2.05, 4.69) is 4.74 Å². The predicted octanol–water partition coefficient (Wildman–Crippen LogP) is 3.98. The van der Waals surface area contributed by atoms with Gasteiger partial charge in [-0.25, -0.2) is 0 Å². The van der Waals surface area contributed by atoms with E-state index < -0.39 is 6.36 Å². The van der Waals surface area contributed by atoms with Gasteiger partial charge in [-0.05, 0) is 23.8 Å². The normalized spacial score (nSPS) is 11.5. The quantitative estimate of drug-likeness (QED) is 0.716. The van der Waals surface area contributed by atoms with E-state index in [9.17, 15) is 13.2 Å². The number of rotatable bonds is 2. The van der Waals surface area contributed by atoms with Crippen LogP contribution in [0, 0.1) is 0 Å². The molecular weight excluding hydrogens is 240 g/mol. The molecule has 0 bridgehead atoms. The molecule has 0 spiro atoms. The van der Waals surface area contributed by atoms with Crippen molar-refractivity contribution in [2.45, 2.75) is 12.2 Å². The van der Waals surface area contributed by atoms with Gasteiger partial charge in [0.2, 0.25) is 0 Å². The molecule has 0 amide bonds. The third-order valence-corrected chi connectivity index (χ3v) is 1.85. The van der Waals surface area contributed by atoms with Crippen molar-refractivity contribution in [3.05, 3.63) is 28.8 Å². The number of benzene rings is 1. The van der Waals surface area contributed by atoms with Crippen LogP contribution in [-0.2, 0) is 5.88 Å². The van der Waals surface area contributed by atoms with Crippen LogP contribution in [0.4, 0.5) is 13.2 Å². The SMILES string of the molecule is FC(F)(F)Oc1cc(Cl)cc(CCl)c1. The molecule has 0 N–H and O–H groups in total. The van der Waals surface area contributed by atoms with Crippen molar-refractivity contribution in [1.29, 1.82) is 0 Å². The molecule has 6 heteroatoms. The zero-order valence-electron chi connectivity index (χ0n) is 6.74. The van der Waals surface area contributed by atoms with Crippen molar-refractivity contribution in [1.82, 2.24) is 0 Å². The molecule has 1 rings (SSSR count). The van der Waals surface area contributed by atoms with Crippen LogP contribution in [0.1, 0.15) is 5.56 Å². The van der Waals surface area contributed by atoms with Crippen molar-refractivity contribution in [2.24, 2.45) is 0 Å². The van der Waals surface area contributed by atoms with Gasteiger partial charge in [0.1, 0.15) is 5.75 Å². The van der Waals surface area contributed by atoms with Gasteiger partial charge in [-0.2, -0.15) is 0 Å². The minimum atomic E-state index is -4.71. The number of hydrogen-bond acceptors (Lipinski definition) is 1. The van der Waals surface area contributed by atoms with Gasteiger partial charge in [0.15, 0.2) is 0 Å². The van der Waals surface area contributed by atoms with Crippen molar-refractivity contribution < 1.29 is 17.9 Å². The van der Waals surface area contributed by atoms with Crippen LogP contribution in [0.15, 0.2) is 18.2 Å². The van der Waals surface area contributed by atoms with Crippen molar-refractivity contribution >= 4 is 23.2 Å². The summed E-state index contributed by atoms with van der Waals surface area (Å²) >= 11 is 11.0. The summed E-state index contributed by atoms with van der Waals surface area (Å²) in [6.07, 6.45) is -4.71. The third-order valence-electron chi connectivity index (χ3n) is 1.32. The van der Waals surface area contributed by atoms with Crippen LogP contribution < -0.4 is 4.74 Å². The molecule has 0 atom stereocenters. The smallest absolute Gasteiger partial charge is 0.406 e. The Morgan fingerprint density at radius 3 is 2.36 bits per heavy atom. The third kappa shape index (κ3) is 3.64. The maximum absolute atomic E-state index is 11.8. The molecular formula is C8H5Cl2F3O. The molecule has 1 aromatic carbocycles. The maximum atomic E-state index is 11.8. The Kier molecular flexibility index (Phi) is 3.50. The second-order valence-corrected chi connectivity index (χ2v) is 3.18. The fourth-order valence-electron chi connectivity index (χ4n) is 0.890. The molecule has 0 radical (unpaired) electrons. The average molecular weight is 245 g/mol. The summed E-state index contributed by atoms with van der Waals surface area (Å²) in [4.78, 5) is 0. The van der Waals surface area contributed by atoms with Crippen LogP contribution in [0.3, 0.4) is 0 Å². The number of alkyl halides is 4. The van der Waals surface area contributed by atoms with E-state index in [1.54, 1.807) is 0 Å². The van der Waals surface area contributed by atoms with Crippen LogP contribution in [0.2, 0.25) is 5.02 Å². The molecule has 0 unspecified atom stereocenters. The molecule has 1 nitrogen and oxygen atoms in total. The van der Waals surface area contributed by atoms with Gasteiger partial charge in [-0.3, -0.25) is 0 Å². The van der Waals surface area contributed by atoms with E-state index in [4.69, 9.17) is 23.2 Å². The molecule has 0 aliphatic carbocycles. The van der Waals surface area contributed by atoms with E-state index in [1.165, 1.54) is 12.1 Å². The van der Waals surface area contributed by atoms with E-state index in [0.29, 0.717) is 5.56 Å². The van der Waals surface area contributed by atoms with Crippen LogP contribution in [-0.4, -0.2) is 6.36 Å². The Hall–Kier alpha value is -0.610. The lowest BCUT2D eigenvalue weighted by Gasteiger charge is -2.09. The number of halogens is 5. The zero-order chi connectivity index (χ0) is 10.8. The Morgan fingerprint density at radius 1 is 1.21 bits per heavy atom. The van der Waals surface area contributed by atoms with Gasteiger partial charge in [0.25, 0.3) is 0 Å². The fourth-order valence-corrected chi connectivity index (χ4v) is 1.29. The highest BCUT2D eigenvalue weighted by molar-refractivity contribution is 6.30. The second kappa shape index (κ2) is 4.28. The number of hydrogen-bond donors (Lipinski definition) is 0. The molecule has 0 aromatic heterocycles. The fraction of sp³-hybridized carbons (Fsp3) is 0.250. The molecule has 1 aromatic rings. The molecule has 0 aliphatic rings. The average Bonchev–Trinajstić information content (AvgIpc) is 1.99. The molecule has 14 heavy (non-hydrogen) atoms. The maximum Gasteiger partial charge on any atom is 0.573 e. The minimum Gasteiger partial charge on any atom is -0.406 e. The minimum absolute atomic E-state index is 0.0782. The van der Waals surface area contributed by atoms with Crippen molar-refractivity contribution in [3.63, 3.8) is 0 Å². The second-order valence-electron chi connectivity index (χ2n) is 2.48. The summed E-state index contributed by atoms with van der Waals surface area (Å²) in [5.41, 5.74) is 0.471. The lowest BCUT2D eigenvalue weighted by Crippen LogP contribution is -2.17. The summed E-state index contributed by atoms with van der Waals surface area (Å²) in [6.45, 7) is 0. The Labute approximate surface area is 88.4 Å². The van der Waals surface area contributed by atoms with Gasteiger partial charge < -0.3 is 4.74 Å². The first-order valence-electron chi connectivity index (χ1n) is 3.52.